The predicted octanol–water partition coefficient (Wildman–Crippen LogP) is 3.10. The Labute approximate surface area is 180 Å². The Morgan fingerprint density at radius 1 is 1.07 bits per heavy atom. The second-order valence-electron chi connectivity index (χ2n) is 6.94. The molecule has 1 aliphatic heterocycles. The van der Waals surface area contributed by atoms with Gasteiger partial charge in [-0.25, -0.2) is 13.2 Å². The van der Waals surface area contributed by atoms with E-state index in [-0.39, 0.29) is 47.6 Å². The highest BCUT2D eigenvalue weighted by molar-refractivity contribution is 7.89. The monoisotopic (exact) mass is 451 g/mol. The lowest BCUT2D eigenvalue weighted by Gasteiger charge is -2.26. The lowest BCUT2D eigenvalue weighted by molar-refractivity contribution is 0.0318. The maximum Gasteiger partial charge on any atom is 0.338 e. The number of hydrogen-bond acceptors (Lipinski definition) is 6. The first-order valence-electron chi connectivity index (χ1n) is 9.39. The molecule has 0 spiro atoms. The summed E-state index contributed by atoms with van der Waals surface area (Å²) in [5.74, 6) is -1.16. The molecular weight excluding hydrogens is 430 g/mol. The van der Waals surface area contributed by atoms with Gasteiger partial charge in [0.1, 0.15) is 4.90 Å². The van der Waals surface area contributed by atoms with Crippen LogP contribution in [0.5, 0.6) is 0 Å². The number of nitrogens with zero attached hydrogens (tertiary/aromatic N) is 1. The van der Waals surface area contributed by atoms with Crippen LogP contribution in [-0.2, 0) is 19.5 Å². The maximum atomic E-state index is 12.9. The van der Waals surface area contributed by atoms with Crippen LogP contribution in [0.15, 0.2) is 47.4 Å². The fourth-order valence-electron chi connectivity index (χ4n) is 2.99. The molecule has 1 unspecified atom stereocenters. The van der Waals surface area contributed by atoms with Crippen molar-refractivity contribution in [3.8, 4) is 0 Å². The van der Waals surface area contributed by atoms with E-state index >= 15 is 0 Å². The van der Waals surface area contributed by atoms with Crippen molar-refractivity contribution in [1.82, 2.24) is 4.31 Å². The number of morpholine rings is 1. The van der Waals surface area contributed by atoms with Crippen molar-refractivity contribution in [2.24, 2.45) is 0 Å². The molecule has 7 nitrogen and oxygen atoms in total. The molecule has 30 heavy (non-hydrogen) atoms. The number of halogens is 1. The molecule has 9 heteroatoms. The summed E-state index contributed by atoms with van der Waals surface area (Å²) in [6.45, 7) is 4.36. The lowest BCUT2D eigenvalue weighted by Crippen LogP contribution is -2.40. The van der Waals surface area contributed by atoms with Crippen molar-refractivity contribution in [3.05, 3.63) is 64.2 Å². The summed E-state index contributed by atoms with van der Waals surface area (Å²) in [5, 5.41) is 0.00169. The van der Waals surface area contributed by atoms with E-state index in [9.17, 15) is 18.0 Å². The number of benzene rings is 2. The van der Waals surface area contributed by atoms with Crippen LogP contribution in [0.3, 0.4) is 0 Å². The number of ketones is 1. The van der Waals surface area contributed by atoms with Crippen LogP contribution in [0.1, 0.15) is 33.2 Å². The van der Waals surface area contributed by atoms with Crippen LogP contribution < -0.4 is 0 Å². The highest BCUT2D eigenvalue weighted by Crippen LogP contribution is 2.27. The number of carbonyl (C=O) groups is 2. The zero-order valence-corrected chi connectivity index (χ0v) is 18.2. The predicted molar refractivity (Wildman–Crippen MR) is 111 cm³/mol. The molecule has 0 N–H and O–H groups in total. The number of carbonyl (C=O) groups excluding carboxylic acids is 2. The SMILES string of the molecule is Cc1ccc(C(=O)C(C)OC(=O)c2ccc(Cl)c(S(=O)(=O)N3CCOCC3)c2)cc1. The zero-order chi connectivity index (χ0) is 21.9. The van der Waals surface area contributed by atoms with E-state index in [0.717, 1.165) is 5.56 Å². The Morgan fingerprint density at radius 3 is 2.30 bits per heavy atom. The average Bonchev–Trinajstić information content (AvgIpc) is 2.74. The average molecular weight is 452 g/mol. The van der Waals surface area contributed by atoms with Gasteiger partial charge in [0.15, 0.2) is 6.10 Å². The molecule has 2 aromatic carbocycles. The van der Waals surface area contributed by atoms with Gasteiger partial charge in [0.2, 0.25) is 15.8 Å². The first-order valence-corrected chi connectivity index (χ1v) is 11.2. The van der Waals surface area contributed by atoms with Crippen molar-refractivity contribution < 1.29 is 27.5 Å². The second-order valence-corrected chi connectivity index (χ2v) is 9.25. The highest BCUT2D eigenvalue weighted by atomic mass is 35.5. The van der Waals surface area contributed by atoms with Crippen LogP contribution in [0.4, 0.5) is 0 Å². The third-order valence-corrected chi connectivity index (χ3v) is 7.12. The Hall–Kier alpha value is -2.26. The van der Waals surface area contributed by atoms with Crippen LogP contribution in [0, 0.1) is 6.92 Å². The van der Waals surface area contributed by atoms with Crippen LogP contribution in [0.25, 0.3) is 0 Å². The van der Waals surface area contributed by atoms with E-state index in [1.165, 1.54) is 29.4 Å². The molecule has 2 aromatic rings. The van der Waals surface area contributed by atoms with Gasteiger partial charge in [0, 0.05) is 18.7 Å². The number of hydrogen-bond donors (Lipinski definition) is 0. The first kappa shape index (κ1) is 22.4. The number of sulfonamides is 1. The number of Topliss-reactive ketones (excluding diaryl/α,β-unsaturated/α-hetero) is 1. The van der Waals surface area contributed by atoms with Crippen molar-refractivity contribution in [2.75, 3.05) is 26.3 Å². The smallest absolute Gasteiger partial charge is 0.338 e. The highest BCUT2D eigenvalue weighted by Gasteiger charge is 2.30. The largest absolute Gasteiger partial charge is 0.451 e. The van der Waals surface area contributed by atoms with E-state index in [0.29, 0.717) is 5.56 Å². The first-order chi connectivity index (χ1) is 14.2. The van der Waals surface area contributed by atoms with Crippen molar-refractivity contribution in [2.45, 2.75) is 24.8 Å². The molecule has 3 rings (SSSR count). The van der Waals surface area contributed by atoms with Crippen molar-refractivity contribution >= 4 is 33.4 Å². The Kier molecular flexibility index (Phi) is 6.92. The normalized spacial score (nSPS) is 16.1. The summed E-state index contributed by atoms with van der Waals surface area (Å²) in [6, 6.07) is 10.8. The summed E-state index contributed by atoms with van der Waals surface area (Å²) in [4.78, 5) is 24.9. The maximum absolute atomic E-state index is 12.9. The quantitative estimate of drug-likeness (QED) is 0.495. The topological polar surface area (TPSA) is 90.0 Å². The molecule has 1 heterocycles. The number of esters is 1. The summed E-state index contributed by atoms with van der Waals surface area (Å²) >= 11 is 6.11. The zero-order valence-electron chi connectivity index (χ0n) is 16.6. The Bertz CT molecular complexity index is 1050. The lowest BCUT2D eigenvalue weighted by atomic mass is 10.1. The summed E-state index contributed by atoms with van der Waals surface area (Å²) < 4.78 is 37.5. The molecule has 0 aliphatic carbocycles. The summed E-state index contributed by atoms with van der Waals surface area (Å²) in [7, 11) is -3.89. The number of rotatable bonds is 6. The van der Waals surface area contributed by atoms with Gasteiger partial charge in [-0.05, 0) is 32.0 Å². The van der Waals surface area contributed by atoms with Gasteiger partial charge in [-0.15, -0.1) is 0 Å². The Balaban J connectivity index is 1.78. The van der Waals surface area contributed by atoms with E-state index in [1.54, 1.807) is 24.3 Å². The van der Waals surface area contributed by atoms with Crippen LogP contribution in [-0.4, -0.2) is 56.9 Å². The van der Waals surface area contributed by atoms with Gasteiger partial charge in [-0.2, -0.15) is 4.31 Å². The van der Waals surface area contributed by atoms with E-state index in [4.69, 9.17) is 21.1 Å². The molecule has 1 atom stereocenters. The van der Waals surface area contributed by atoms with Crippen LogP contribution in [0.2, 0.25) is 5.02 Å². The van der Waals surface area contributed by atoms with Gasteiger partial charge in [-0.1, -0.05) is 41.4 Å². The fourth-order valence-corrected chi connectivity index (χ4v) is 4.90. The van der Waals surface area contributed by atoms with Gasteiger partial charge in [0.25, 0.3) is 0 Å². The summed E-state index contributed by atoms with van der Waals surface area (Å²) in [5.41, 5.74) is 1.42. The minimum atomic E-state index is -3.89. The molecule has 0 radical (unpaired) electrons. The van der Waals surface area contributed by atoms with Crippen LogP contribution >= 0.6 is 11.6 Å². The van der Waals surface area contributed by atoms with Gasteiger partial charge >= 0.3 is 5.97 Å². The fraction of sp³-hybridized carbons (Fsp3) is 0.333. The minimum Gasteiger partial charge on any atom is -0.451 e. The molecule has 160 valence electrons. The molecule has 1 saturated heterocycles. The van der Waals surface area contributed by atoms with Gasteiger partial charge in [-0.3, -0.25) is 4.79 Å². The second kappa shape index (κ2) is 9.26. The molecule has 1 fully saturated rings. The van der Waals surface area contributed by atoms with Crippen molar-refractivity contribution in [3.63, 3.8) is 0 Å². The van der Waals surface area contributed by atoms with E-state index in [1.807, 2.05) is 6.92 Å². The standard InChI is InChI=1S/C21H22ClNO6S/c1-14-3-5-16(6-4-14)20(24)15(2)29-21(25)17-7-8-18(22)19(13-17)30(26,27)23-9-11-28-12-10-23/h3-8,13,15H,9-12H2,1-2H3. The third-order valence-electron chi connectivity index (χ3n) is 4.74. The third kappa shape index (κ3) is 4.89. The molecular formula is C21H22ClNO6S. The molecule has 0 saturated carbocycles. The van der Waals surface area contributed by atoms with Gasteiger partial charge in [0.05, 0.1) is 23.8 Å². The molecule has 1 aliphatic rings. The number of ether oxygens (including phenoxy) is 2. The number of aryl methyl sites for hydroxylation is 1. The Morgan fingerprint density at radius 2 is 1.67 bits per heavy atom. The summed E-state index contributed by atoms with van der Waals surface area (Å²) in [6.07, 6.45) is -1.03. The van der Waals surface area contributed by atoms with Gasteiger partial charge < -0.3 is 9.47 Å². The molecule has 0 aromatic heterocycles. The van der Waals surface area contributed by atoms with E-state index < -0.39 is 22.1 Å². The molecule has 0 bridgehead atoms. The minimum absolute atomic E-state index is 0.00169. The van der Waals surface area contributed by atoms with E-state index in [2.05, 4.69) is 0 Å². The molecule has 0 amide bonds. The van der Waals surface area contributed by atoms with Crippen molar-refractivity contribution in [1.29, 1.82) is 0 Å².